The molecule has 0 amide bonds. The molecule has 2 aromatic rings. The molecule has 0 atom stereocenters. The highest BCUT2D eigenvalue weighted by atomic mass is 79.9. The molecule has 0 unspecified atom stereocenters. The minimum Gasteiger partial charge on any atom is -0.359 e. The summed E-state index contributed by atoms with van der Waals surface area (Å²) in [5.74, 6) is -0.179. The van der Waals surface area contributed by atoms with Crippen molar-refractivity contribution in [2.75, 3.05) is 13.9 Å². The van der Waals surface area contributed by atoms with Gasteiger partial charge >= 0.3 is 0 Å². The summed E-state index contributed by atoms with van der Waals surface area (Å²) in [6.07, 6.45) is 0.449. The van der Waals surface area contributed by atoms with E-state index in [0.717, 1.165) is 15.6 Å². The molecule has 0 aliphatic carbocycles. The molecule has 5 heteroatoms. The van der Waals surface area contributed by atoms with Crippen LogP contribution in [0.3, 0.4) is 0 Å². The summed E-state index contributed by atoms with van der Waals surface area (Å²) in [5.41, 5.74) is 3.07. The highest BCUT2D eigenvalue weighted by Crippen LogP contribution is 2.29. The Hall–Kier alpha value is -0.940. The topological polar surface area (TPSA) is 18.5 Å². The summed E-state index contributed by atoms with van der Waals surface area (Å²) in [4.78, 5) is 0. The number of hydrogen-bond acceptors (Lipinski definition) is 2. The Bertz CT molecular complexity index is 661. The summed E-state index contributed by atoms with van der Waals surface area (Å²) in [5, 5.41) is 0.597. The summed E-state index contributed by atoms with van der Waals surface area (Å²) < 4.78 is 25.2. The van der Waals surface area contributed by atoms with Crippen LogP contribution in [-0.2, 0) is 22.5 Å². The minimum absolute atomic E-state index is 0.179. The Kier molecular flexibility index (Phi) is 6.38. The smallest absolute Gasteiger partial charge is 0.146 e. The molecule has 0 aromatic heterocycles. The number of benzene rings is 2. The zero-order chi connectivity index (χ0) is 16.1. The van der Waals surface area contributed by atoms with E-state index in [1.807, 2.05) is 18.2 Å². The second-order valence-corrected chi connectivity index (χ2v) is 6.28. The maximum Gasteiger partial charge on any atom is 0.146 e. The second-order valence-electron chi connectivity index (χ2n) is 5.01. The number of ether oxygens (including phenoxy) is 2. The number of methoxy groups -OCH3 is 1. The van der Waals surface area contributed by atoms with Gasteiger partial charge in [-0.1, -0.05) is 45.7 Å². The molecule has 0 saturated carbocycles. The SMILES string of the molecule is COCOCc1cc(Cl)c(Cc2cccc(C)c2F)cc1Br. The third-order valence-electron chi connectivity index (χ3n) is 3.33. The maximum absolute atomic E-state index is 14.1. The first kappa shape index (κ1) is 17.4. The van der Waals surface area contributed by atoms with Gasteiger partial charge < -0.3 is 9.47 Å². The molecule has 0 aliphatic rings. The molecular weight excluding hydrogens is 371 g/mol. The molecule has 2 rings (SSSR count). The molecule has 0 heterocycles. The second kappa shape index (κ2) is 8.06. The van der Waals surface area contributed by atoms with Crippen molar-refractivity contribution in [1.29, 1.82) is 0 Å². The van der Waals surface area contributed by atoms with E-state index in [1.165, 1.54) is 0 Å². The van der Waals surface area contributed by atoms with Gasteiger partial charge in [-0.25, -0.2) is 4.39 Å². The Morgan fingerprint density at radius 2 is 1.95 bits per heavy atom. The fourth-order valence-electron chi connectivity index (χ4n) is 2.16. The summed E-state index contributed by atoms with van der Waals surface area (Å²) in [6, 6.07) is 9.14. The van der Waals surface area contributed by atoms with E-state index in [1.54, 1.807) is 26.2 Å². The monoisotopic (exact) mass is 386 g/mol. The lowest BCUT2D eigenvalue weighted by atomic mass is 10.0. The Labute approximate surface area is 143 Å². The average Bonchev–Trinajstić information content (AvgIpc) is 2.49. The number of rotatable bonds is 6. The van der Waals surface area contributed by atoms with Gasteiger partial charge in [-0.15, -0.1) is 0 Å². The van der Waals surface area contributed by atoms with Crippen molar-refractivity contribution in [2.45, 2.75) is 20.0 Å². The lowest BCUT2D eigenvalue weighted by molar-refractivity contribution is -0.0392. The lowest BCUT2D eigenvalue weighted by Gasteiger charge is -2.12. The summed E-state index contributed by atoms with van der Waals surface area (Å²) in [6.45, 7) is 2.38. The molecule has 0 radical (unpaired) electrons. The number of halogens is 3. The van der Waals surface area contributed by atoms with Crippen LogP contribution in [0, 0.1) is 12.7 Å². The van der Waals surface area contributed by atoms with E-state index in [0.29, 0.717) is 29.2 Å². The van der Waals surface area contributed by atoms with Crippen LogP contribution in [0.25, 0.3) is 0 Å². The third kappa shape index (κ3) is 4.29. The lowest BCUT2D eigenvalue weighted by Crippen LogP contribution is -2.00. The zero-order valence-corrected chi connectivity index (χ0v) is 14.8. The quantitative estimate of drug-likeness (QED) is 0.497. The molecule has 0 N–H and O–H groups in total. The van der Waals surface area contributed by atoms with Crippen LogP contribution in [0.4, 0.5) is 4.39 Å². The van der Waals surface area contributed by atoms with Crippen molar-refractivity contribution >= 4 is 27.5 Å². The Balaban J connectivity index is 2.22. The van der Waals surface area contributed by atoms with Crippen LogP contribution < -0.4 is 0 Å². The van der Waals surface area contributed by atoms with Gasteiger partial charge in [-0.3, -0.25) is 0 Å². The average molecular weight is 388 g/mol. The highest BCUT2D eigenvalue weighted by Gasteiger charge is 2.11. The Morgan fingerprint density at radius 1 is 1.18 bits per heavy atom. The molecular formula is C17H17BrClFO2. The van der Waals surface area contributed by atoms with E-state index in [9.17, 15) is 4.39 Å². The fraction of sp³-hybridized carbons (Fsp3) is 0.294. The molecule has 2 nitrogen and oxygen atoms in total. The standard InChI is InChI=1S/C17H17BrClFO2/c1-11-4-3-5-12(17(11)20)6-13-7-15(18)14(8-16(13)19)9-22-10-21-2/h3-5,7-8H,6,9-10H2,1-2H3. The van der Waals surface area contributed by atoms with Crippen LogP contribution in [0.2, 0.25) is 5.02 Å². The van der Waals surface area contributed by atoms with Gasteiger partial charge in [0.25, 0.3) is 0 Å². The molecule has 2 aromatic carbocycles. The van der Waals surface area contributed by atoms with Crippen molar-refractivity contribution in [3.8, 4) is 0 Å². The van der Waals surface area contributed by atoms with E-state index in [-0.39, 0.29) is 12.6 Å². The van der Waals surface area contributed by atoms with Crippen molar-refractivity contribution < 1.29 is 13.9 Å². The van der Waals surface area contributed by atoms with Crippen LogP contribution in [0.1, 0.15) is 22.3 Å². The summed E-state index contributed by atoms with van der Waals surface area (Å²) in [7, 11) is 1.57. The molecule has 0 saturated heterocycles. The Morgan fingerprint density at radius 3 is 2.68 bits per heavy atom. The maximum atomic E-state index is 14.1. The molecule has 0 aliphatic heterocycles. The zero-order valence-electron chi connectivity index (χ0n) is 12.5. The third-order valence-corrected chi connectivity index (χ3v) is 4.42. The predicted octanol–water partition coefficient (Wildman–Crippen LogP) is 5.26. The highest BCUT2D eigenvalue weighted by molar-refractivity contribution is 9.10. The van der Waals surface area contributed by atoms with Gasteiger partial charge in [0, 0.05) is 23.0 Å². The van der Waals surface area contributed by atoms with Crippen molar-refractivity contribution in [1.82, 2.24) is 0 Å². The fourth-order valence-corrected chi connectivity index (χ4v) is 2.92. The van der Waals surface area contributed by atoms with Gasteiger partial charge in [0.15, 0.2) is 0 Å². The van der Waals surface area contributed by atoms with Gasteiger partial charge in [0.1, 0.15) is 12.6 Å². The van der Waals surface area contributed by atoms with Gasteiger partial charge in [-0.05, 0) is 41.3 Å². The van der Waals surface area contributed by atoms with Crippen LogP contribution in [0.5, 0.6) is 0 Å². The normalized spacial score (nSPS) is 11.0. The van der Waals surface area contributed by atoms with Crippen LogP contribution in [-0.4, -0.2) is 13.9 Å². The van der Waals surface area contributed by atoms with E-state index < -0.39 is 0 Å². The first-order chi connectivity index (χ1) is 10.5. The minimum atomic E-state index is -0.179. The number of hydrogen-bond donors (Lipinski definition) is 0. The van der Waals surface area contributed by atoms with Crippen molar-refractivity contribution in [3.63, 3.8) is 0 Å². The van der Waals surface area contributed by atoms with Gasteiger partial charge in [0.05, 0.1) is 6.61 Å². The largest absolute Gasteiger partial charge is 0.359 e. The first-order valence-corrected chi connectivity index (χ1v) is 7.97. The van der Waals surface area contributed by atoms with E-state index in [2.05, 4.69) is 15.9 Å². The number of aryl methyl sites for hydroxylation is 1. The van der Waals surface area contributed by atoms with E-state index >= 15 is 0 Å². The van der Waals surface area contributed by atoms with Gasteiger partial charge in [0.2, 0.25) is 0 Å². The molecule has 0 bridgehead atoms. The molecule has 118 valence electrons. The van der Waals surface area contributed by atoms with Crippen molar-refractivity contribution in [3.05, 3.63) is 67.9 Å². The summed E-state index contributed by atoms with van der Waals surface area (Å²) >= 11 is 9.83. The van der Waals surface area contributed by atoms with E-state index in [4.69, 9.17) is 21.1 Å². The molecule has 0 spiro atoms. The molecule has 22 heavy (non-hydrogen) atoms. The van der Waals surface area contributed by atoms with Gasteiger partial charge in [-0.2, -0.15) is 0 Å². The van der Waals surface area contributed by atoms with Crippen LogP contribution >= 0.6 is 27.5 Å². The van der Waals surface area contributed by atoms with Crippen LogP contribution in [0.15, 0.2) is 34.8 Å². The van der Waals surface area contributed by atoms with Crippen molar-refractivity contribution in [2.24, 2.45) is 0 Å². The predicted molar refractivity (Wildman–Crippen MR) is 89.8 cm³/mol. The first-order valence-electron chi connectivity index (χ1n) is 6.80. The molecule has 0 fully saturated rings.